The van der Waals surface area contributed by atoms with Crippen molar-refractivity contribution < 1.29 is 4.79 Å². The first-order chi connectivity index (χ1) is 12.2. The van der Waals surface area contributed by atoms with Gasteiger partial charge in [-0.25, -0.2) is 4.98 Å². The van der Waals surface area contributed by atoms with E-state index in [2.05, 4.69) is 33.2 Å². The van der Waals surface area contributed by atoms with Gasteiger partial charge in [-0.2, -0.15) is 0 Å². The zero-order valence-electron chi connectivity index (χ0n) is 14.3. The third-order valence-electron chi connectivity index (χ3n) is 4.88. The molecular weight excluding hydrogens is 332 g/mol. The number of pyridine rings is 1. The van der Waals surface area contributed by atoms with Crippen LogP contribution in [-0.4, -0.2) is 54.8 Å². The second-order valence-electron chi connectivity index (χ2n) is 6.58. The van der Waals surface area contributed by atoms with Crippen LogP contribution >= 0.6 is 11.8 Å². The fourth-order valence-electron chi connectivity index (χ4n) is 3.30. The molecule has 1 fully saturated rings. The summed E-state index contributed by atoms with van der Waals surface area (Å²) in [5, 5.41) is 2.97. The van der Waals surface area contributed by atoms with E-state index in [1.807, 2.05) is 36.5 Å². The van der Waals surface area contributed by atoms with Gasteiger partial charge in [0.25, 0.3) is 0 Å². The van der Waals surface area contributed by atoms with E-state index in [0.29, 0.717) is 5.82 Å². The Morgan fingerprint density at radius 3 is 2.72 bits per heavy atom. The van der Waals surface area contributed by atoms with E-state index < -0.39 is 0 Å². The van der Waals surface area contributed by atoms with Crippen molar-refractivity contribution in [3.63, 3.8) is 0 Å². The largest absolute Gasteiger partial charge is 0.368 e. The predicted molar refractivity (Wildman–Crippen MR) is 102 cm³/mol. The molecule has 0 spiro atoms. The molecule has 1 aromatic carbocycles. The molecule has 4 rings (SSSR count). The van der Waals surface area contributed by atoms with Crippen LogP contribution in [0.5, 0.6) is 0 Å². The van der Waals surface area contributed by atoms with Gasteiger partial charge in [0.05, 0.1) is 17.8 Å². The van der Waals surface area contributed by atoms with E-state index in [1.165, 1.54) is 4.90 Å². The monoisotopic (exact) mass is 354 g/mol. The molecule has 3 heterocycles. The maximum Gasteiger partial charge on any atom is 0.233 e. The highest BCUT2D eigenvalue weighted by molar-refractivity contribution is 7.99. The standard InChI is InChI=1S/C19H22N4OS/c1-22-8-10-23(11-9-22)14-6-7-18(20-12-14)21-19(24)16-13-25-17-5-3-2-4-15(16)17/h2-7,12,16H,8-11,13H2,1H3,(H,20,21,24). The molecule has 0 radical (unpaired) electrons. The highest BCUT2D eigenvalue weighted by atomic mass is 32.2. The molecule has 25 heavy (non-hydrogen) atoms. The van der Waals surface area contributed by atoms with Gasteiger partial charge >= 0.3 is 0 Å². The second-order valence-corrected chi connectivity index (χ2v) is 7.64. The van der Waals surface area contributed by atoms with E-state index in [0.717, 1.165) is 43.2 Å². The van der Waals surface area contributed by atoms with E-state index in [9.17, 15) is 4.79 Å². The Hall–Kier alpha value is -2.05. The summed E-state index contributed by atoms with van der Waals surface area (Å²) in [7, 11) is 2.15. The summed E-state index contributed by atoms with van der Waals surface area (Å²) in [5.74, 6) is 1.35. The van der Waals surface area contributed by atoms with Gasteiger partial charge in [0.15, 0.2) is 0 Å². The normalized spacial score (nSPS) is 20.4. The number of anilines is 2. The zero-order chi connectivity index (χ0) is 17.2. The van der Waals surface area contributed by atoms with Crippen molar-refractivity contribution in [2.75, 3.05) is 49.2 Å². The minimum atomic E-state index is -0.0969. The Kier molecular flexibility index (Phi) is 4.63. The Labute approximate surface area is 152 Å². The third-order valence-corrected chi connectivity index (χ3v) is 6.07. The highest BCUT2D eigenvalue weighted by Gasteiger charge is 2.29. The average Bonchev–Trinajstić information content (AvgIpc) is 3.07. The molecule has 1 amide bonds. The zero-order valence-corrected chi connectivity index (χ0v) is 15.1. The number of likely N-dealkylation sites (N-methyl/N-ethyl adjacent to an activating group) is 1. The molecule has 0 bridgehead atoms. The van der Waals surface area contributed by atoms with Crippen LogP contribution in [0.25, 0.3) is 0 Å². The molecule has 130 valence electrons. The number of nitrogens with one attached hydrogen (secondary N) is 1. The van der Waals surface area contributed by atoms with Crippen molar-refractivity contribution in [1.29, 1.82) is 0 Å². The quantitative estimate of drug-likeness (QED) is 0.918. The van der Waals surface area contributed by atoms with Gasteiger partial charge in [-0.3, -0.25) is 4.79 Å². The Bertz CT molecular complexity index is 756. The summed E-state index contributed by atoms with van der Waals surface area (Å²) in [4.78, 5) is 22.9. The lowest BCUT2D eigenvalue weighted by atomic mass is 10.0. The number of benzene rings is 1. The number of rotatable bonds is 3. The Balaban J connectivity index is 1.41. The SMILES string of the molecule is CN1CCN(c2ccc(NC(=O)C3CSc4ccccc43)nc2)CC1. The van der Waals surface area contributed by atoms with Crippen molar-refractivity contribution in [1.82, 2.24) is 9.88 Å². The molecule has 1 saturated heterocycles. The van der Waals surface area contributed by atoms with Gasteiger partial charge in [0, 0.05) is 36.8 Å². The minimum Gasteiger partial charge on any atom is -0.368 e. The smallest absolute Gasteiger partial charge is 0.233 e. The molecule has 2 aliphatic rings. The van der Waals surface area contributed by atoms with Crippen LogP contribution in [0.15, 0.2) is 47.5 Å². The Morgan fingerprint density at radius 2 is 1.96 bits per heavy atom. The van der Waals surface area contributed by atoms with Gasteiger partial charge < -0.3 is 15.1 Å². The molecule has 2 aromatic rings. The van der Waals surface area contributed by atoms with Crippen LogP contribution in [0, 0.1) is 0 Å². The molecule has 5 nitrogen and oxygen atoms in total. The molecule has 1 atom stereocenters. The molecule has 6 heteroatoms. The number of thioether (sulfide) groups is 1. The van der Waals surface area contributed by atoms with Crippen LogP contribution in [0.1, 0.15) is 11.5 Å². The first-order valence-electron chi connectivity index (χ1n) is 8.63. The first-order valence-corrected chi connectivity index (χ1v) is 9.61. The number of piperazine rings is 1. The van der Waals surface area contributed by atoms with Crippen molar-refractivity contribution in [2.24, 2.45) is 0 Å². The molecule has 0 saturated carbocycles. The lowest BCUT2D eigenvalue weighted by molar-refractivity contribution is -0.117. The van der Waals surface area contributed by atoms with E-state index in [1.54, 1.807) is 11.8 Å². The maximum absolute atomic E-state index is 12.6. The summed E-state index contributed by atoms with van der Waals surface area (Å²) in [6, 6.07) is 12.1. The maximum atomic E-state index is 12.6. The number of carbonyl (C=O) groups excluding carboxylic acids is 1. The lowest BCUT2D eigenvalue weighted by Gasteiger charge is -2.33. The van der Waals surface area contributed by atoms with Crippen LogP contribution in [0.2, 0.25) is 0 Å². The van der Waals surface area contributed by atoms with Gasteiger partial charge in [0.2, 0.25) is 5.91 Å². The van der Waals surface area contributed by atoms with Crippen LogP contribution < -0.4 is 10.2 Å². The van der Waals surface area contributed by atoms with Gasteiger partial charge in [-0.15, -0.1) is 11.8 Å². The van der Waals surface area contributed by atoms with E-state index in [4.69, 9.17) is 0 Å². The number of carbonyl (C=O) groups is 1. The van der Waals surface area contributed by atoms with Crippen LogP contribution in [0.3, 0.4) is 0 Å². The van der Waals surface area contributed by atoms with Crippen molar-refractivity contribution in [2.45, 2.75) is 10.8 Å². The summed E-state index contributed by atoms with van der Waals surface area (Å²) in [6.07, 6.45) is 1.86. The fourth-order valence-corrected chi connectivity index (χ4v) is 4.53. The number of amides is 1. The first kappa shape index (κ1) is 16.4. The molecule has 1 aromatic heterocycles. The summed E-state index contributed by atoms with van der Waals surface area (Å²) in [6.45, 7) is 4.16. The predicted octanol–water partition coefficient (Wildman–Crippen LogP) is 2.66. The molecular formula is C19H22N4OS. The lowest BCUT2D eigenvalue weighted by Crippen LogP contribution is -2.44. The van der Waals surface area contributed by atoms with E-state index >= 15 is 0 Å². The number of aromatic nitrogens is 1. The summed E-state index contributed by atoms with van der Waals surface area (Å²) >= 11 is 1.74. The third kappa shape index (κ3) is 3.50. The minimum absolute atomic E-state index is 0.0253. The van der Waals surface area contributed by atoms with Gasteiger partial charge in [-0.05, 0) is 30.8 Å². The highest BCUT2D eigenvalue weighted by Crippen LogP contribution is 2.39. The van der Waals surface area contributed by atoms with Gasteiger partial charge in [0.1, 0.15) is 5.82 Å². The fraction of sp³-hybridized carbons (Fsp3) is 0.368. The molecule has 1 N–H and O–H groups in total. The van der Waals surface area contributed by atoms with Crippen molar-refractivity contribution in [3.8, 4) is 0 Å². The molecule has 1 unspecified atom stereocenters. The van der Waals surface area contributed by atoms with Crippen molar-refractivity contribution in [3.05, 3.63) is 48.2 Å². The Morgan fingerprint density at radius 1 is 1.16 bits per heavy atom. The number of hydrogen-bond donors (Lipinski definition) is 1. The summed E-state index contributed by atoms with van der Waals surface area (Å²) < 4.78 is 0. The topological polar surface area (TPSA) is 48.5 Å². The second kappa shape index (κ2) is 7.06. The molecule has 2 aliphatic heterocycles. The average molecular weight is 354 g/mol. The summed E-state index contributed by atoms with van der Waals surface area (Å²) in [5.41, 5.74) is 2.24. The number of nitrogens with zero attached hydrogens (tertiary/aromatic N) is 3. The van der Waals surface area contributed by atoms with Crippen LogP contribution in [0.4, 0.5) is 11.5 Å². The van der Waals surface area contributed by atoms with Crippen LogP contribution in [-0.2, 0) is 4.79 Å². The molecule has 0 aliphatic carbocycles. The number of fused-ring (bicyclic) bond motifs is 1. The van der Waals surface area contributed by atoms with Crippen molar-refractivity contribution >= 4 is 29.2 Å². The number of hydrogen-bond acceptors (Lipinski definition) is 5. The van der Waals surface area contributed by atoms with E-state index in [-0.39, 0.29) is 11.8 Å². The van der Waals surface area contributed by atoms with Gasteiger partial charge in [-0.1, -0.05) is 18.2 Å².